The van der Waals surface area contributed by atoms with Crippen LogP contribution in [0.2, 0.25) is 0 Å². The number of nitrogens with zero attached hydrogens (tertiary/aromatic N) is 1. The summed E-state index contributed by atoms with van der Waals surface area (Å²) in [6.07, 6.45) is 1.41. The molecular weight excluding hydrogens is 253 g/mol. The van der Waals surface area contributed by atoms with Gasteiger partial charge >= 0.3 is 0 Å². The first kappa shape index (κ1) is 14.1. The fourth-order valence-corrected chi connectivity index (χ4v) is 2.02. The summed E-state index contributed by atoms with van der Waals surface area (Å²) in [5.74, 6) is -0.228. The highest BCUT2D eigenvalue weighted by Crippen LogP contribution is 2.21. The number of halogens is 1. The number of ether oxygens (including phenoxy) is 1. The second kappa shape index (κ2) is 7.30. The average molecular weight is 269 g/mol. The van der Waals surface area contributed by atoms with Crippen LogP contribution in [0.15, 0.2) is 54.6 Å². The summed E-state index contributed by atoms with van der Waals surface area (Å²) in [7, 11) is 0. The Hall–Kier alpha value is -2.34. The third-order valence-electron chi connectivity index (χ3n) is 3.09. The molecule has 2 aromatic carbocycles. The minimum absolute atomic E-state index is 0.138. The van der Waals surface area contributed by atoms with Gasteiger partial charge in [0.05, 0.1) is 18.6 Å². The van der Waals surface area contributed by atoms with Crippen LogP contribution in [0.3, 0.4) is 0 Å². The van der Waals surface area contributed by atoms with Crippen molar-refractivity contribution in [2.45, 2.75) is 18.8 Å². The fourth-order valence-electron chi connectivity index (χ4n) is 2.02. The molecule has 2 aromatic rings. The predicted molar refractivity (Wildman–Crippen MR) is 75.9 cm³/mol. The standard InChI is InChI=1S/C17H16FNO/c18-16-10-4-5-11-17(16)20-12-6-9-15(13-19)14-7-2-1-3-8-14/h1-5,7-8,10-11,15H,6,9,12H2. The average Bonchev–Trinajstić information content (AvgIpc) is 2.50. The zero-order valence-corrected chi connectivity index (χ0v) is 11.1. The lowest BCUT2D eigenvalue weighted by Crippen LogP contribution is -2.03. The quantitative estimate of drug-likeness (QED) is 0.733. The molecule has 0 aliphatic carbocycles. The molecule has 0 N–H and O–H groups in total. The molecule has 0 spiro atoms. The number of hydrogen-bond donors (Lipinski definition) is 0. The van der Waals surface area contributed by atoms with E-state index in [0.717, 1.165) is 5.56 Å². The molecule has 20 heavy (non-hydrogen) atoms. The number of hydrogen-bond acceptors (Lipinski definition) is 2. The molecule has 0 saturated heterocycles. The number of benzene rings is 2. The van der Waals surface area contributed by atoms with Gasteiger partial charge in [0.2, 0.25) is 0 Å². The van der Waals surface area contributed by atoms with Crippen molar-refractivity contribution in [2.75, 3.05) is 6.61 Å². The van der Waals surface area contributed by atoms with Gasteiger partial charge in [-0.15, -0.1) is 0 Å². The molecule has 0 bridgehead atoms. The van der Waals surface area contributed by atoms with Gasteiger partial charge in [0.25, 0.3) is 0 Å². The Labute approximate surface area is 118 Å². The highest BCUT2D eigenvalue weighted by atomic mass is 19.1. The van der Waals surface area contributed by atoms with E-state index in [1.54, 1.807) is 18.2 Å². The van der Waals surface area contributed by atoms with E-state index in [0.29, 0.717) is 19.4 Å². The third kappa shape index (κ3) is 3.83. The first-order chi connectivity index (χ1) is 9.81. The maximum atomic E-state index is 13.3. The van der Waals surface area contributed by atoms with Crippen molar-refractivity contribution in [1.29, 1.82) is 5.26 Å². The zero-order valence-electron chi connectivity index (χ0n) is 11.1. The van der Waals surface area contributed by atoms with Crippen LogP contribution >= 0.6 is 0 Å². The van der Waals surface area contributed by atoms with E-state index < -0.39 is 0 Å². The SMILES string of the molecule is N#CC(CCCOc1ccccc1F)c1ccccc1. The normalized spacial score (nSPS) is 11.6. The summed E-state index contributed by atoms with van der Waals surface area (Å²) in [6, 6.07) is 18.3. The van der Waals surface area contributed by atoms with E-state index in [1.165, 1.54) is 6.07 Å². The first-order valence-electron chi connectivity index (χ1n) is 6.63. The van der Waals surface area contributed by atoms with Crippen LogP contribution in [0.1, 0.15) is 24.3 Å². The maximum Gasteiger partial charge on any atom is 0.165 e. The van der Waals surface area contributed by atoms with Gasteiger partial charge < -0.3 is 4.74 Å². The summed E-state index contributed by atoms with van der Waals surface area (Å²) in [6.45, 7) is 0.409. The van der Waals surface area contributed by atoms with Crippen LogP contribution in [0, 0.1) is 17.1 Å². The van der Waals surface area contributed by atoms with Gasteiger partial charge in [-0.2, -0.15) is 5.26 Å². The summed E-state index contributed by atoms with van der Waals surface area (Å²) >= 11 is 0. The van der Waals surface area contributed by atoms with Crippen LogP contribution in [0.5, 0.6) is 5.75 Å². The number of nitriles is 1. The lowest BCUT2D eigenvalue weighted by atomic mass is 9.96. The van der Waals surface area contributed by atoms with Crippen LogP contribution in [-0.2, 0) is 0 Å². The monoisotopic (exact) mass is 269 g/mol. The molecule has 2 nitrogen and oxygen atoms in total. The molecule has 0 radical (unpaired) electrons. The molecule has 1 unspecified atom stereocenters. The Morgan fingerprint density at radius 3 is 2.45 bits per heavy atom. The van der Waals surface area contributed by atoms with Crippen LogP contribution in [0.25, 0.3) is 0 Å². The molecule has 1 atom stereocenters. The molecule has 0 aliphatic heterocycles. The maximum absolute atomic E-state index is 13.3. The van der Waals surface area contributed by atoms with Gasteiger partial charge in [-0.3, -0.25) is 0 Å². The summed E-state index contributed by atoms with van der Waals surface area (Å²) in [5.41, 5.74) is 1.01. The van der Waals surface area contributed by atoms with Crippen molar-refractivity contribution in [2.24, 2.45) is 0 Å². The highest BCUT2D eigenvalue weighted by molar-refractivity contribution is 5.25. The highest BCUT2D eigenvalue weighted by Gasteiger charge is 2.10. The van der Waals surface area contributed by atoms with Crippen molar-refractivity contribution in [3.05, 3.63) is 66.0 Å². The largest absolute Gasteiger partial charge is 0.491 e. The lowest BCUT2D eigenvalue weighted by Gasteiger charge is -2.10. The van der Waals surface area contributed by atoms with Gasteiger partial charge in [-0.1, -0.05) is 42.5 Å². The van der Waals surface area contributed by atoms with Gasteiger partial charge in [0.15, 0.2) is 11.6 Å². The second-order valence-corrected chi connectivity index (χ2v) is 4.51. The minimum atomic E-state index is -0.354. The molecule has 0 fully saturated rings. The van der Waals surface area contributed by atoms with Crippen molar-refractivity contribution in [1.82, 2.24) is 0 Å². The predicted octanol–water partition coefficient (Wildman–Crippen LogP) is 4.29. The van der Waals surface area contributed by atoms with E-state index in [-0.39, 0.29) is 17.5 Å². The van der Waals surface area contributed by atoms with Crippen molar-refractivity contribution < 1.29 is 9.13 Å². The molecular formula is C17H16FNO. The van der Waals surface area contributed by atoms with Gasteiger partial charge in [0.1, 0.15) is 0 Å². The Bertz CT molecular complexity index is 577. The Kier molecular flexibility index (Phi) is 5.14. The van der Waals surface area contributed by atoms with E-state index in [4.69, 9.17) is 4.74 Å². The number of para-hydroxylation sites is 1. The molecule has 0 saturated carbocycles. The van der Waals surface area contributed by atoms with Crippen LogP contribution in [-0.4, -0.2) is 6.61 Å². The first-order valence-corrected chi connectivity index (χ1v) is 6.63. The van der Waals surface area contributed by atoms with Crippen molar-refractivity contribution in [3.8, 4) is 11.8 Å². The van der Waals surface area contributed by atoms with Gasteiger partial charge in [-0.05, 0) is 30.5 Å². The van der Waals surface area contributed by atoms with E-state index in [9.17, 15) is 9.65 Å². The third-order valence-corrected chi connectivity index (χ3v) is 3.09. The number of rotatable bonds is 6. The van der Waals surface area contributed by atoms with E-state index in [2.05, 4.69) is 6.07 Å². The Balaban J connectivity index is 1.81. The van der Waals surface area contributed by atoms with Gasteiger partial charge in [-0.25, -0.2) is 4.39 Å². The summed E-state index contributed by atoms with van der Waals surface area (Å²) in [5, 5.41) is 9.19. The molecule has 0 aliphatic rings. The smallest absolute Gasteiger partial charge is 0.165 e. The minimum Gasteiger partial charge on any atom is -0.491 e. The fraction of sp³-hybridized carbons (Fsp3) is 0.235. The van der Waals surface area contributed by atoms with Crippen molar-refractivity contribution in [3.63, 3.8) is 0 Å². The summed E-state index contributed by atoms with van der Waals surface area (Å²) < 4.78 is 18.7. The molecule has 0 aromatic heterocycles. The van der Waals surface area contributed by atoms with Crippen molar-refractivity contribution >= 4 is 0 Å². The van der Waals surface area contributed by atoms with Crippen LogP contribution < -0.4 is 4.74 Å². The van der Waals surface area contributed by atoms with E-state index in [1.807, 2.05) is 30.3 Å². The molecule has 0 amide bonds. The second-order valence-electron chi connectivity index (χ2n) is 4.51. The lowest BCUT2D eigenvalue weighted by molar-refractivity contribution is 0.290. The molecule has 3 heteroatoms. The Morgan fingerprint density at radius 2 is 1.75 bits per heavy atom. The summed E-state index contributed by atoms with van der Waals surface area (Å²) in [4.78, 5) is 0. The topological polar surface area (TPSA) is 33.0 Å². The molecule has 0 heterocycles. The molecule has 102 valence electrons. The Morgan fingerprint density at radius 1 is 1.05 bits per heavy atom. The zero-order chi connectivity index (χ0) is 14.2. The van der Waals surface area contributed by atoms with Crippen LogP contribution in [0.4, 0.5) is 4.39 Å². The molecule has 2 rings (SSSR count). The van der Waals surface area contributed by atoms with Gasteiger partial charge in [0, 0.05) is 0 Å². The van der Waals surface area contributed by atoms with E-state index >= 15 is 0 Å².